The van der Waals surface area contributed by atoms with Crippen molar-refractivity contribution in [3.8, 4) is 0 Å². The SMILES string of the molecule is CN(CC1CC2CCC1C2)c1n[nH]c(N)n1. The van der Waals surface area contributed by atoms with Gasteiger partial charge >= 0.3 is 0 Å². The molecule has 5 heteroatoms. The van der Waals surface area contributed by atoms with Crippen LogP contribution >= 0.6 is 0 Å². The quantitative estimate of drug-likeness (QED) is 0.806. The van der Waals surface area contributed by atoms with Crippen molar-refractivity contribution in [2.75, 3.05) is 24.2 Å². The van der Waals surface area contributed by atoms with Gasteiger partial charge in [-0.2, -0.15) is 4.98 Å². The molecule has 0 spiro atoms. The molecule has 3 N–H and O–H groups in total. The lowest BCUT2D eigenvalue weighted by atomic mass is 9.88. The van der Waals surface area contributed by atoms with Crippen molar-refractivity contribution < 1.29 is 0 Å². The third kappa shape index (κ3) is 1.64. The fourth-order valence-corrected chi connectivity index (χ4v) is 3.47. The van der Waals surface area contributed by atoms with Crippen LogP contribution in [0.5, 0.6) is 0 Å². The standard InChI is InChI=1S/C11H19N5/c1-16(11-13-10(12)14-15-11)6-9-5-7-2-3-8(9)4-7/h7-9H,2-6H2,1H3,(H3,12,13,14,15). The van der Waals surface area contributed by atoms with E-state index >= 15 is 0 Å². The third-order valence-corrected chi connectivity index (χ3v) is 4.23. The van der Waals surface area contributed by atoms with Crippen molar-refractivity contribution in [3.63, 3.8) is 0 Å². The Labute approximate surface area is 95.4 Å². The molecule has 1 aromatic rings. The molecule has 0 radical (unpaired) electrons. The third-order valence-electron chi connectivity index (χ3n) is 4.23. The zero-order valence-corrected chi connectivity index (χ0v) is 9.69. The highest BCUT2D eigenvalue weighted by molar-refractivity contribution is 5.32. The van der Waals surface area contributed by atoms with E-state index in [2.05, 4.69) is 27.1 Å². The van der Waals surface area contributed by atoms with E-state index in [9.17, 15) is 0 Å². The summed E-state index contributed by atoms with van der Waals surface area (Å²) < 4.78 is 0. The number of nitrogens with one attached hydrogen (secondary N) is 1. The molecule has 16 heavy (non-hydrogen) atoms. The Morgan fingerprint density at radius 2 is 2.31 bits per heavy atom. The highest BCUT2D eigenvalue weighted by Gasteiger charge is 2.39. The van der Waals surface area contributed by atoms with Crippen molar-refractivity contribution in [1.82, 2.24) is 15.2 Å². The van der Waals surface area contributed by atoms with Crippen LogP contribution in [0.2, 0.25) is 0 Å². The van der Waals surface area contributed by atoms with Gasteiger partial charge in [0.05, 0.1) is 0 Å². The molecule has 2 aliphatic carbocycles. The molecule has 3 atom stereocenters. The van der Waals surface area contributed by atoms with E-state index in [1.807, 2.05) is 0 Å². The summed E-state index contributed by atoms with van der Waals surface area (Å²) in [6.07, 6.45) is 5.74. The molecule has 2 saturated carbocycles. The minimum absolute atomic E-state index is 0.398. The molecule has 2 bridgehead atoms. The van der Waals surface area contributed by atoms with E-state index in [1.165, 1.54) is 25.7 Å². The van der Waals surface area contributed by atoms with Crippen LogP contribution in [0.3, 0.4) is 0 Å². The van der Waals surface area contributed by atoms with Gasteiger partial charge in [0.25, 0.3) is 0 Å². The zero-order valence-electron chi connectivity index (χ0n) is 9.69. The van der Waals surface area contributed by atoms with E-state index in [4.69, 9.17) is 5.73 Å². The van der Waals surface area contributed by atoms with Crippen LogP contribution in [0.4, 0.5) is 11.9 Å². The second kappa shape index (κ2) is 3.64. The maximum absolute atomic E-state index is 5.53. The number of aromatic nitrogens is 3. The number of nitrogens with zero attached hydrogens (tertiary/aromatic N) is 3. The Morgan fingerprint density at radius 3 is 2.88 bits per heavy atom. The molecule has 2 aliphatic rings. The van der Waals surface area contributed by atoms with Gasteiger partial charge < -0.3 is 10.6 Å². The van der Waals surface area contributed by atoms with Crippen molar-refractivity contribution >= 4 is 11.9 Å². The first-order chi connectivity index (χ1) is 7.72. The lowest BCUT2D eigenvalue weighted by Crippen LogP contribution is -2.29. The van der Waals surface area contributed by atoms with Crippen LogP contribution < -0.4 is 10.6 Å². The lowest BCUT2D eigenvalue weighted by Gasteiger charge is -2.26. The fourth-order valence-electron chi connectivity index (χ4n) is 3.47. The van der Waals surface area contributed by atoms with Crippen molar-refractivity contribution in [2.45, 2.75) is 25.7 Å². The highest BCUT2D eigenvalue weighted by Crippen LogP contribution is 2.48. The van der Waals surface area contributed by atoms with Gasteiger partial charge in [-0.15, -0.1) is 5.10 Å². The summed E-state index contributed by atoms with van der Waals surface area (Å²) in [4.78, 5) is 6.28. The Hall–Kier alpha value is -1.26. The first kappa shape index (κ1) is 9.93. The first-order valence-electron chi connectivity index (χ1n) is 6.11. The zero-order chi connectivity index (χ0) is 11.1. The summed E-state index contributed by atoms with van der Waals surface area (Å²) in [5, 5.41) is 6.77. The average molecular weight is 221 g/mol. The van der Waals surface area contributed by atoms with Crippen molar-refractivity contribution in [1.29, 1.82) is 0 Å². The molecular formula is C11H19N5. The van der Waals surface area contributed by atoms with Crippen LogP contribution in [0.25, 0.3) is 0 Å². The molecule has 88 valence electrons. The molecule has 0 amide bonds. The summed E-state index contributed by atoms with van der Waals surface area (Å²) in [5.74, 6) is 3.91. The molecule has 1 heterocycles. The predicted molar refractivity (Wildman–Crippen MR) is 63.0 cm³/mol. The molecule has 5 nitrogen and oxygen atoms in total. The van der Waals surface area contributed by atoms with Crippen molar-refractivity contribution in [2.24, 2.45) is 17.8 Å². The van der Waals surface area contributed by atoms with Gasteiger partial charge in [-0.3, -0.25) is 0 Å². The molecule has 3 unspecified atom stereocenters. The summed E-state index contributed by atoms with van der Waals surface area (Å²) in [5.41, 5.74) is 5.53. The number of hydrogen-bond acceptors (Lipinski definition) is 4. The van der Waals surface area contributed by atoms with E-state index in [1.54, 1.807) is 0 Å². The van der Waals surface area contributed by atoms with Crippen LogP contribution in [-0.4, -0.2) is 28.8 Å². The largest absolute Gasteiger partial charge is 0.368 e. The average Bonchev–Trinajstić information content (AvgIpc) is 2.92. The van der Waals surface area contributed by atoms with Crippen LogP contribution in [0.1, 0.15) is 25.7 Å². The number of fused-ring (bicyclic) bond motifs is 2. The predicted octanol–water partition coefficient (Wildman–Crippen LogP) is 1.26. The van der Waals surface area contributed by atoms with Gasteiger partial charge in [-0.25, -0.2) is 5.10 Å². The van der Waals surface area contributed by atoms with E-state index in [0.29, 0.717) is 5.95 Å². The van der Waals surface area contributed by atoms with Gasteiger partial charge in [0.1, 0.15) is 0 Å². The van der Waals surface area contributed by atoms with E-state index in [0.717, 1.165) is 30.2 Å². The monoisotopic (exact) mass is 221 g/mol. The molecule has 2 fully saturated rings. The normalized spacial score (nSPS) is 32.2. The fraction of sp³-hybridized carbons (Fsp3) is 0.818. The van der Waals surface area contributed by atoms with E-state index < -0.39 is 0 Å². The molecular weight excluding hydrogens is 202 g/mol. The van der Waals surface area contributed by atoms with Gasteiger partial charge in [0, 0.05) is 13.6 Å². The number of hydrogen-bond donors (Lipinski definition) is 2. The van der Waals surface area contributed by atoms with Crippen molar-refractivity contribution in [3.05, 3.63) is 0 Å². The van der Waals surface area contributed by atoms with Gasteiger partial charge in [0.15, 0.2) is 0 Å². The Balaban J connectivity index is 1.62. The number of nitrogen functional groups attached to an aromatic ring is 1. The minimum atomic E-state index is 0.398. The molecule has 1 aromatic heterocycles. The first-order valence-corrected chi connectivity index (χ1v) is 6.11. The molecule has 0 aromatic carbocycles. The topological polar surface area (TPSA) is 70.8 Å². The summed E-state index contributed by atoms with van der Waals surface area (Å²) in [6.45, 7) is 1.07. The van der Waals surface area contributed by atoms with E-state index in [-0.39, 0.29) is 0 Å². The van der Waals surface area contributed by atoms with Crippen LogP contribution in [-0.2, 0) is 0 Å². The van der Waals surface area contributed by atoms with Crippen LogP contribution in [0, 0.1) is 17.8 Å². The number of aromatic amines is 1. The van der Waals surface area contributed by atoms with Gasteiger partial charge in [-0.1, -0.05) is 6.42 Å². The Morgan fingerprint density at radius 1 is 1.44 bits per heavy atom. The summed E-state index contributed by atoms with van der Waals surface area (Å²) in [7, 11) is 2.05. The smallest absolute Gasteiger partial charge is 0.246 e. The maximum Gasteiger partial charge on any atom is 0.246 e. The maximum atomic E-state index is 5.53. The van der Waals surface area contributed by atoms with Crippen LogP contribution in [0.15, 0.2) is 0 Å². The number of nitrogens with two attached hydrogens (primary N) is 1. The summed E-state index contributed by atoms with van der Waals surface area (Å²) in [6, 6.07) is 0. The highest BCUT2D eigenvalue weighted by atomic mass is 15.4. The number of H-pyrrole nitrogens is 1. The Bertz CT molecular complexity index is 374. The number of rotatable bonds is 3. The lowest BCUT2D eigenvalue weighted by molar-refractivity contribution is 0.336. The molecule has 0 saturated heterocycles. The van der Waals surface area contributed by atoms with Gasteiger partial charge in [-0.05, 0) is 37.0 Å². The second-order valence-electron chi connectivity index (χ2n) is 5.34. The summed E-state index contributed by atoms with van der Waals surface area (Å²) >= 11 is 0. The number of anilines is 2. The Kier molecular flexibility index (Phi) is 2.26. The second-order valence-corrected chi connectivity index (χ2v) is 5.34. The van der Waals surface area contributed by atoms with Gasteiger partial charge in [0.2, 0.25) is 11.9 Å². The molecule has 0 aliphatic heterocycles. The molecule has 3 rings (SSSR count). The minimum Gasteiger partial charge on any atom is -0.368 e.